The van der Waals surface area contributed by atoms with E-state index in [-0.39, 0.29) is 18.0 Å². The molecule has 1 aromatic heterocycles. The third-order valence-electron chi connectivity index (χ3n) is 6.03. The second kappa shape index (κ2) is 9.07. The second-order valence-corrected chi connectivity index (χ2v) is 8.20. The second-order valence-electron chi connectivity index (χ2n) is 8.20. The van der Waals surface area contributed by atoms with Crippen LogP contribution < -0.4 is 10.2 Å². The van der Waals surface area contributed by atoms with Crippen molar-refractivity contribution in [2.24, 2.45) is 0 Å². The largest absolute Gasteiger partial charge is 0.465 e. The van der Waals surface area contributed by atoms with Crippen molar-refractivity contribution in [1.29, 1.82) is 0 Å². The number of carbonyl (C=O) groups excluding carboxylic acids is 1. The lowest BCUT2D eigenvalue weighted by molar-refractivity contribution is -0.117. The number of anilines is 1. The Labute approximate surface area is 181 Å². The smallest absolute Gasteiger partial charge is 0.405 e. The lowest BCUT2D eigenvalue weighted by Gasteiger charge is -2.39. The summed E-state index contributed by atoms with van der Waals surface area (Å²) in [5, 5.41) is 16.4. The number of benzene rings is 1. The number of aromatic nitrogens is 2. The van der Waals surface area contributed by atoms with Crippen LogP contribution in [0.2, 0.25) is 0 Å². The van der Waals surface area contributed by atoms with E-state index in [1.807, 2.05) is 42.2 Å². The standard InChI is InChI=1S/C22H29N5O4/c1-15-11-20(24-22(29)30)19-12-17(3-4-21(19)27(15)16(2)28)18-13-23-26(14-18)6-5-25-7-9-31-10-8-25/h3-4,12-15,20,24H,5-11H2,1-2H3,(H,29,30)/t15-,20+/m0/s1. The van der Waals surface area contributed by atoms with Gasteiger partial charge in [-0.1, -0.05) is 6.07 Å². The highest BCUT2D eigenvalue weighted by Gasteiger charge is 2.33. The first-order valence-electron chi connectivity index (χ1n) is 10.7. The van der Waals surface area contributed by atoms with E-state index in [2.05, 4.69) is 15.3 Å². The van der Waals surface area contributed by atoms with Crippen LogP contribution in [0, 0.1) is 0 Å². The third-order valence-corrected chi connectivity index (χ3v) is 6.03. The molecule has 3 heterocycles. The summed E-state index contributed by atoms with van der Waals surface area (Å²) in [7, 11) is 0. The first kappa shape index (κ1) is 21.3. The number of hydrogen-bond donors (Lipinski definition) is 2. The average molecular weight is 428 g/mol. The number of carboxylic acid groups (broad SMARTS) is 1. The van der Waals surface area contributed by atoms with Crippen LogP contribution in [-0.2, 0) is 16.1 Å². The molecule has 0 aliphatic carbocycles. The van der Waals surface area contributed by atoms with Gasteiger partial charge >= 0.3 is 6.09 Å². The van der Waals surface area contributed by atoms with Crippen molar-refractivity contribution in [1.82, 2.24) is 20.0 Å². The van der Waals surface area contributed by atoms with E-state index in [0.29, 0.717) is 6.42 Å². The summed E-state index contributed by atoms with van der Waals surface area (Å²) < 4.78 is 7.32. The van der Waals surface area contributed by atoms with Gasteiger partial charge in [0.1, 0.15) is 0 Å². The van der Waals surface area contributed by atoms with Gasteiger partial charge < -0.3 is 20.1 Å². The Kier molecular flexibility index (Phi) is 6.24. The normalized spacial score (nSPS) is 21.5. The number of amides is 2. The van der Waals surface area contributed by atoms with E-state index in [9.17, 15) is 14.7 Å². The Morgan fingerprint density at radius 3 is 2.71 bits per heavy atom. The molecule has 2 aromatic rings. The maximum atomic E-state index is 12.2. The summed E-state index contributed by atoms with van der Waals surface area (Å²) in [6.07, 6.45) is 3.30. The Morgan fingerprint density at radius 1 is 1.23 bits per heavy atom. The molecule has 2 atom stereocenters. The van der Waals surface area contributed by atoms with Gasteiger partial charge in [0.05, 0.1) is 32.0 Å². The van der Waals surface area contributed by atoms with Crippen molar-refractivity contribution >= 4 is 17.7 Å². The Morgan fingerprint density at radius 2 is 2.00 bits per heavy atom. The van der Waals surface area contributed by atoms with E-state index >= 15 is 0 Å². The summed E-state index contributed by atoms with van der Waals surface area (Å²) in [5.41, 5.74) is 3.49. The molecule has 0 saturated carbocycles. The van der Waals surface area contributed by atoms with Gasteiger partial charge in [-0.25, -0.2) is 4.79 Å². The molecule has 0 unspecified atom stereocenters. The van der Waals surface area contributed by atoms with Crippen molar-refractivity contribution < 1.29 is 19.4 Å². The minimum Gasteiger partial charge on any atom is -0.465 e. The number of carbonyl (C=O) groups is 2. The summed E-state index contributed by atoms with van der Waals surface area (Å²) in [6.45, 7) is 8.64. The highest BCUT2D eigenvalue weighted by atomic mass is 16.5. The van der Waals surface area contributed by atoms with Crippen LogP contribution in [0.15, 0.2) is 30.6 Å². The van der Waals surface area contributed by atoms with Gasteiger partial charge in [0.25, 0.3) is 0 Å². The molecule has 1 aromatic carbocycles. The Hall–Kier alpha value is -2.91. The van der Waals surface area contributed by atoms with Crippen molar-refractivity contribution in [2.75, 3.05) is 37.7 Å². The fraction of sp³-hybridized carbons (Fsp3) is 0.500. The van der Waals surface area contributed by atoms with Gasteiger partial charge in [0.15, 0.2) is 0 Å². The van der Waals surface area contributed by atoms with Gasteiger partial charge in [-0.2, -0.15) is 5.10 Å². The summed E-state index contributed by atoms with van der Waals surface area (Å²) in [6, 6.07) is 5.39. The number of rotatable bonds is 5. The van der Waals surface area contributed by atoms with E-state index in [0.717, 1.165) is 61.8 Å². The zero-order chi connectivity index (χ0) is 22.0. The van der Waals surface area contributed by atoms with Crippen molar-refractivity contribution in [3.8, 4) is 11.1 Å². The molecule has 9 nitrogen and oxygen atoms in total. The molecule has 2 amide bonds. The monoisotopic (exact) mass is 427 g/mol. The van der Waals surface area contributed by atoms with Gasteiger partial charge in [-0.05, 0) is 36.6 Å². The SMILES string of the molecule is CC(=O)N1c2ccc(-c3cnn(CCN4CCOCC4)c3)cc2[C@H](NC(=O)O)C[C@@H]1C. The molecule has 0 radical (unpaired) electrons. The number of morpholine rings is 1. The number of hydrogen-bond acceptors (Lipinski definition) is 5. The number of ether oxygens (including phenoxy) is 1. The first-order valence-corrected chi connectivity index (χ1v) is 10.7. The van der Waals surface area contributed by atoms with Crippen LogP contribution in [0.4, 0.5) is 10.5 Å². The molecule has 2 aliphatic rings. The highest BCUT2D eigenvalue weighted by Crippen LogP contribution is 2.39. The molecular weight excluding hydrogens is 398 g/mol. The summed E-state index contributed by atoms with van der Waals surface area (Å²) in [4.78, 5) is 27.7. The average Bonchev–Trinajstić information content (AvgIpc) is 3.21. The zero-order valence-electron chi connectivity index (χ0n) is 18.0. The maximum absolute atomic E-state index is 12.2. The van der Waals surface area contributed by atoms with Gasteiger partial charge in [-0.15, -0.1) is 0 Å². The van der Waals surface area contributed by atoms with Crippen molar-refractivity contribution in [2.45, 2.75) is 38.9 Å². The summed E-state index contributed by atoms with van der Waals surface area (Å²) in [5.74, 6) is -0.0498. The third kappa shape index (κ3) is 4.72. The van der Waals surface area contributed by atoms with Gasteiger partial charge in [0, 0.05) is 50.0 Å². The molecule has 0 spiro atoms. The van der Waals surface area contributed by atoms with Gasteiger partial charge in [-0.3, -0.25) is 14.4 Å². The minimum atomic E-state index is -1.07. The molecule has 4 rings (SSSR count). The number of nitrogens with one attached hydrogen (secondary N) is 1. The Balaban J connectivity index is 1.56. The molecule has 1 saturated heterocycles. The van der Waals surface area contributed by atoms with E-state index in [1.165, 1.54) is 6.92 Å². The Bertz CT molecular complexity index is 953. The van der Waals surface area contributed by atoms with Crippen LogP contribution in [0.3, 0.4) is 0 Å². The predicted octanol–water partition coefficient (Wildman–Crippen LogP) is 2.34. The van der Waals surface area contributed by atoms with E-state index in [4.69, 9.17) is 4.74 Å². The van der Waals surface area contributed by atoms with Crippen molar-refractivity contribution in [3.63, 3.8) is 0 Å². The molecule has 2 N–H and O–H groups in total. The first-order chi connectivity index (χ1) is 14.9. The lowest BCUT2D eigenvalue weighted by Crippen LogP contribution is -2.45. The number of nitrogens with zero attached hydrogens (tertiary/aromatic N) is 4. The van der Waals surface area contributed by atoms with Crippen LogP contribution in [0.25, 0.3) is 11.1 Å². The highest BCUT2D eigenvalue weighted by molar-refractivity contribution is 5.94. The van der Waals surface area contributed by atoms with E-state index < -0.39 is 6.09 Å². The molecule has 1 fully saturated rings. The fourth-order valence-corrected chi connectivity index (χ4v) is 4.51. The minimum absolute atomic E-state index is 0.0498. The van der Waals surface area contributed by atoms with Crippen LogP contribution in [0.5, 0.6) is 0 Å². The maximum Gasteiger partial charge on any atom is 0.405 e. The van der Waals surface area contributed by atoms with Gasteiger partial charge in [0.2, 0.25) is 5.91 Å². The van der Waals surface area contributed by atoms with Crippen LogP contribution in [0.1, 0.15) is 31.9 Å². The zero-order valence-corrected chi connectivity index (χ0v) is 18.0. The molecule has 166 valence electrons. The molecular formula is C22H29N5O4. The molecule has 31 heavy (non-hydrogen) atoms. The lowest BCUT2D eigenvalue weighted by atomic mass is 9.89. The predicted molar refractivity (Wildman–Crippen MR) is 116 cm³/mol. The topological polar surface area (TPSA) is 99.9 Å². The fourth-order valence-electron chi connectivity index (χ4n) is 4.51. The van der Waals surface area contributed by atoms with Crippen molar-refractivity contribution in [3.05, 3.63) is 36.2 Å². The molecule has 9 heteroatoms. The molecule has 0 bridgehead atoms. The number of fused-ring (bicyclic) bond motifs is 1. The quantitative estimate of drug-likeness (QED) is 0.760. The van der Waals surface area contributed by atoms with E-state index in [1.54, 1.807) is 4.90 Å². The van der Waals surface area contributed by atoms with Crippen LogP contribution >= 0.6 is 0 Å². The molecule has 2 aliphatic heterocycles. The van der Waals surface area contributed by atoms with Crippen LogP contribution in [-0.4, -0.2) is 70.7 Å². The summed E-state index contributed by atoms with van der Waals surface area (Å²) >= 11 is 0.